The maximum atomic E-state index is 13.6. The number of halogens is 2. The van der Waals surface area contributed by atoms with Crippen molar-refractivity contribution in [1.29, 1.82) is 5.26 Å². The van der Waals surface area contributed by atoms with E-state index in [0.29, 0.717) is 16.3 Å². The molecule has 0 unspecified atom stereocenters. The van der Waals surface area contributed by atoms with Crippen LogP contribution in [0.15, 0.2) is 18.2 Å². The monoisotopic (exact) mass is 307 g/mol. The fraction of sp³-hybridized carbons (Fsp3) is 0.389. The number of nitriles is 1. The average molecular weight is 307 g/mol. The van der Waals surface area contributed by atoms with Gasteiger partial charge in [0, 0.05) is 5.39 Å². The molecule has 0 fully saturated rings. The molecule has 0 bridgehead atoms. The Balaban J connectivity index is 0.00000102. The molecule has 120 valence electrons. The number of benzene rings is 2. The number of phenolic OH excluding ortho intramolecular Hbond substituents is 1. The molecule has 2 aromatic rings. The first-order chi connectivity index (χ1) is 10.5. The number of fused-ring (bicyclic) bond motifs is 1. The highest BCUT2D eigenvalue weighted by atomic mass is 19.2. The van der Waals surface area contributed by atoms with Gasteiger partial charge in [-0.1, -0.05) is 41.5 Å². The van der Waals surface area contributed by atoms with Crippen LogP contribution in [-0.4, -0.2) is 5.11 Å². The van der Waals surface area contributed by atoms with E-state index >= 15 is 0 Å². The minimum Gasteiger partial charge on any atom is -0.508 e. The molecule has 0 amide bonds. The van der Waals surface area contributed by atoms with Crippen LogP contribution in [-0.2, 0) is 0 Å². The molecular weight excluding hydrogens is 284 g/mol. The van der Waals surface area contributed by atoms with E-state index in [1.54, 1.807) is 6.07 Å². The van der Waals surface area contributed by atoms with Crippen molar-refractivity contribution in [3.63, 3.8) is 0 Å². The van der Waals surface area contributed by atoms with Gasteiger partial charge in [0.1, 0.15) is 11.8 Å². The molecule has 2 nitrogen and oxygen atoms in total. The Morgan fingerprint density at radius 2 is 1.59 bits per heavy atom. The molecule has 2 rings (SSSR count). The third-order valence-electron chi connectivity index (χ3n) is 2.88. The quantitative estimate of drug-likeness (QED) is 0.716. The lowest BCUT2D eigenvalue weighted by atomic mass is 9.92. The molecule has 22 heavy (non-hydrogen) atoms. The van der Waals surface area contributed by atoms with Crippen molar-refractivity contribution in [3.8, 4) is 11.8 Å². The van der Waals surface area contributed by atoms with Crippen LogP contribution in [0.5, 0.6) is 5.75 Å². The molecule has 0 saturated heterocycles. The molecule has 1 N–H and O–H groups in total. The predicted molar refractivity (Wildman–Crippen MR) is 87.0 cm³/mol. The van der Waals surface area contributed by atoms with Crippen LogP contribution in [0.3, 0.4) is 0 Å². The minimum absolute atomic E-state index is 0.0171. The maximum absolute atomic E-state index is 13.6. The molecule has 0 spiro atoms. The van der Waals surface area contributed by atoms with E-state index < -0.39 is 11.6 Å². The summed E-state index contributed by atoms with van der Waals surface area (Å²) in [5.41, 5.74) is 0.314. The second kappa shape index (κ2) is 8.99. The molecular formula is C18H23F2NO. The SMILES string of the molecule is CC.CC.CC(C)c1cc(O)cc2cc(F)c(F)c(C#N)c12. The van der Waals surface area contributed by atoms with Crippen LogP contribution in [0, 0.1) is 23.0 Å². The Bertz CT molecular complexity index is 673. The van der Waals surface area contributed by atoms with E-state index in [4.69, 9.17) is 5.26 Å². The van der Waals surface area contributed by atoms with Crippen LogP contribution in [0.4, 0.5) is 8.78 Å². The smallest absolute Gasteiger partial charge is 0.177 e. The predicted octanol–water partition coefficient (Wildman–Crippen LogP) is 5.87. The number of nitrogens with zero attached hydrogens (tertiary/aromatic N) is 1. The number of aromatic hydroxyl groups is 1. The topological polar surface area (TPSA) is 44.0 Å². The molecule has 0 atom stereocenters. The van der Waals surface area contributed by atoms with Crippen molar-refractivity contribution in [2.75, 3.05) is 0 Å². The van der Waals surface area contributed by atoms with Crippen molar-refractivity contribution in [2.45, 2.75) is 47.5 Å². The minimum atomic E-state index is -1.14. The molecule has 0 heterocycles. The largest absolute Gasteiger partial charge is 0.508 e. The third kappa shape index (κ3) is 3.94. The number of phenols is 1. The van der Waals surface area contributed by atoms with Crippen LogP contribution in [0.25, 0.3) is 10.8 Å². The van der Waals surface area contributed by atoms with Gasteiger partial charge in [0.2, 0.25) is 0 Å². The van der Waals surface area contributed by atoms with E-state index in [0.717, 1.165) is 6.07 Å². The average Bonchev–Trinajstić information content (AvgIpc) is 2.52. The molecule has 0 aliphatic heterocycles. The zero-order valence-electron chi connectivity index (χ0n) is 14.0. The first kappa shape index (κ1) is 19.9. The van der Waals surface area contributed by atoms with Crippen LogP contribution < -0.4 is 0 Å². The summed E-state index contributed by atoms with van der Waals surface area (Å²) < 4.78 is 27.0. The van der Waals surface area contributed by atoms with Crippen LogP contribution in [0.1, 0.15) is 58.6 Å². The first-order valence-corrected chi connectivity index (χ1v) is 7.50. The normalized spacial score (nSPS) is 9.45. The van der Waals surface area contributed by atoms with Crippen molar-refractivity contribution < 1.29 is 13.9 Å². The molecule has 4 heteroatoms. The van der Waals surface area contributed by atoms with Crippen molar-refractivity contribution >= 4 is 10.8 Å². The molecule has 0 aromatic heterocycles. The lowest BCUT2D eigenvalue weighted by Crippen LogP contribution is -1.97. The zero-order chi connectivity index (χ0) is 17.4. The third-order valence-corrected chi connectivity index (χ3v) is 2.88. The van der Waals surface area contributed by atoms with Gasteiger partial charge in [-0.25, -0.2) is 8.78 Å². The van der Waals surface area contributed by atoms with Gasteiger partial charge < -0.3 is 5.11 Å². The zero-order valence-corrected chi connectivity index (χ0v) is 14.0. The summed E-state index contributed by atoms with van der Waals surface area (Å²) >= 11 is 0. The van der Waals surface area contributed by atoms with Crippen molar-refractivity contribution in [2.24, 2.45) is 0 Å². The summed E-state index contributed by atoms with van der Waals surface area (Å²) in [7, 11) is 0. The number of hydrogen-bond acceptors (Lipinski definition) is 2. The van der Waals surface area contributed by atoms with Gasteiger partial charge in [0.15, 0.2) is 11.6 Å². The van der Waals surface area contributed by atoms with E-state index in [2.05, 4.69) is 0 Å². The number of rotatable bonds is 1. The fourth-order valence-electron chi connectivity index (χ4n) is 2.06. The summed E-state index contributed by atoms with van der Waals surface area (Å²) in [5.74, 6) is -2.27. The molecule has 0 saturated carbocycles. The Labute approximate surface area is 131 Å². The van der Waals surface area contributed by atoms with Gasteiger partial charge >= 0.3 is 0 Å². The lowest BCUT2D eigenvalue weighted by Gasteiger charge is -2.13. The molecule has 2 aromatic carbocycles. The van der Waals surface area contributed by atoms with Crippen molar-refractivity contribution in [1.82, 2.24) is 0 Å². The van der Waals surface area contributed by atoms with Gasteiger partial charge in [0.25, 0.3) is 0 Å². The Morgan fingerprint density at radius 3 is 2.05 bits per heavy atom. The van der Waals surface area contributed by atoms with E-state index in [1.807, 2.05) is 41.5 Å². The standard InChI is InChI=1S/C14H11F2NO.2C2H6/c1-7(2)10-5-9(18)3-8-4-12(15)14(16)11(6-17)13(8)10;2*1-2/h3-5,7,18H,1-2H3;2*1-2H3. The molecule has 0 aliphatic rings. The summed E-state index contributed by atoms with van der Waals surface area (Å²) in [5, 5.41) is 19.3. The summed E-state index contributed by atoms with van der Waals surface area (Å²) in [6, 6.07) is 5.50. The van der Waals surface area contributed by atoms with Crippen LogP contribution >= 0.6 is 0 Å². The highest BCUT2D eigenvalue weighted by Gasteiger charge is 2.18. The number of hydrogen-bond donors (Lipinski definition) is 1. The Kier molecular flexibility index (Phi) is 8.11. The van der Waals surface area contributed by atoms with E-state index in [9.17, 15) is 13.9 Å². The van der Waals surface area contributed by atoms with E-state index in [1.165, 1.54) is 12.1 Å². The summed E-state index contributed by atoms with van der Waals surface area (Å²) in [6.07, 6.45) is 0. The van der Waals surface area contributed by atoms with Gasteiger partial charge in [-0.3, -0.25) is 0 Å². The Hall–Kier alpha value is -2.15. The highest BCUT2D eigenvalue weighted by molar-refractivity contribution is 5.92. The van der Waals surface area contributed by atoms with Gasteiger partial charge in [-0.2, -0.15) is 5.26 Å². The van der Waals surface area contributed by atoms with Gasteiger partial charge in [0.05, 0.1) is 5.56 Å². The highest BCUT2D eigenvalue weighted by Crippen LogP contribution is 2.34. The maximum Gasteiger partial charge on any atom is 0.177 e. The summed E-state index contributed by atoms with van der Waals surface area (Å²) in [6.45, 7) is 11.7. The summed E-state index contributed by atoms with van der Waals surface area (Å²) in [4.78, 5) is 0. The fourth-order valence-corrected chi connectivity index (χ4v) is 2.06. The van der Waals surface area contributed by atoms with Gasteiger partial charge in [-0.15, -0.1) is 0 Å². The second-order valence-electron chi connectivity index (χ2n) is 4.45. The van der Waals surface area contributed by atoms with Crippen LogP contribution in [0.2, 0.25) is 0 Å². The lowest BCUT2D eigenvalue weighted by molar-refractivity contribution is 0.474. The van der Waals surface area contributed by atoms with Gasteiger partial charge in [-0.05, 0) is 35.1 Å². The first-order valence-electron chi connectivity index (χ1n) is 7.50. The molecule has 0 radical (unpaired) electrons. The van der Waals surface area contributed by atoms with Crippen molar-refractivity contribution in [3.05, 3.63) is 41.0 Å². The Morgan fingerprint density at radius 1 is 1.05 bits per heavy atom. The second-order valence-corrected chi connectivity index (χ2v) is 4.45. The molecule has 0 aliphatic carbocycles. The van der Waals surface area contributed by atoms with E-state index in [-0.39, 0.29) is 17.2 Å².